The summed E-state index contributed by atoms with van der Waals surface area (Å²) in [5.74, 6) is -1.56. The van der Waals surface area contributed by atoms with E-state index in [4.69, 9.17) is 0 Å². The number of hydrogen-bond acceptors (Lipinski definition) is 3. The summed E-state index contributed by atoms with van der Waals surface area (Å²) in [7, 11) is 0. The van der Waals surface area contributed by atoms with Gasteiger partial charge < -0.3 is 0 Å². The van der Waals surface area contributed by atoms with Crippen molar-refractivity contribution in [3.05, 3.63) is 42.6 Å². The Morgan fingerprint density at radius 1 is 1.00 bits per heavy atom. The first-order valence-electron chi connectivity index (χ1n) is 3.85. The van der Waals surface area contributed by atoms with Crippen LogP contribution in [-0.4, -0.2) is 15.0 Å². The number of halogens is 2. The lowest BCUT2D eigenvalue weighted by molar-refractivity contribution is 0.557. The van der Waals surface area contributed by atoms with Crippen LogP contribution in [0.4, 0.5) is 8.78 Å². The Bertz CT molecular complexity index is 425. The summed E-state index contributed by atoms with van der Waals surface area (Å²) in [6.07, 6.45) is 3.70. The Labute approximate surface area is 78.5 Å². The van der Waals surface area contributed by atoms with Gasteiger partial charge in [0.2, 0.25) is 5.95 Å². The van der Waals surface area contributed by atoms with Gasteiger partial charge in [-0.25, -0.2) is 19.3 Å². The molecule has 0 saturated carbocycles. The van der Waals surface area contributed by atoms with Gasteiger partial charge in [-0.3, -0.25) is 0 Å². The van der Waals surface area contributed by atoms with E-state index in [1.54, 1.807) is 0 Å². The first kappa shape index (κ1) is 8.68. The third-order valence-corrected chi connectivity index (χ3v) is 1.69. The van der Waals surface area contributed by atoms with E-state index in [9.17, 15) is 8.78 Å². The van der Waals surface area contributed by atoms with Crippen molar-refractivity contribution >= 4 is 0 Å². The predicted octanol–water partition coefficient (Wildman–Crippen LogP) is 1.82. The molecule has 0 atom stereocenters. The fourth-order valence-electron chi connectivity index (χ4n) is 1.08. The van der Waals surface area contributed by atoms with Crippen molar-refractivity contribution in [3.63, 3.8) is 0 Å². The zero-order valence-electron chi connectivity index (χ0n) is 6.98. The Morgan fingerprint density at radius 2 is 1.86 bits per heavy atom. The molecule has 0 N–H and O–H groups in total. The molecule has 0 radical (unpaired) electrons. The SMILES string of the molecule is Fc1ccnc(F)c1-c1ccncn1. The second-order valence-electron chi connectivity index (χ2n) is 2.55. The van der Waals surface area contributed by atoms with Crippen molar-refractivity contribution in [3.8, 4) is 11.3 Å². The average Bonchev–Trinajstić information content (AvgIpc) is 2.19. The third kappa shape index (κ3) is 1.44. The summed E-state index contributed by atoms with van der Waals surface area (Å²) < 4.78 is 26.3. The number of rotatable bonds is 1. The first-order chi connectivity index (χ1) is 6.79. The van der Waals surface area contributed by atoms with E-state index >= 15 is 0 Å². The average molecular weight is 193 g/mol. The molecular weight excluding hydrogens is 188 g/mol. The molecule has 0 aliphatic carbocycles. The highest BCUT2D eigenvalue weighted by atomic mass is 19.1. The van der Waals surface area contributed by atoms with E-state index in [1.165, 1.54) is 18.6 Å². The smallest absolute Gasteiger partial charge is 0.225 e. The molecule has 14 heavy (non-hydrogen) atoms. The molecule has 3 nitrogen and oxygen atoms in total. The second-order valence-corrected chi connectivity index (χ2v) is 2.55. The monoisotopic (exact) mass is 193 g/mol. The molecule has 0 spiro atoms. The fraction of sp³-hybridized carbons (Fsp3) is 0. The molecule has 0 unspecified atom stereocenters. The van der Waals surface area contributed by atoms with Gasteiger partial charge in [-0.15, -0.1) is 0 Å². The quantitative estimate of drug-likeness (QED) is 0.648. The maximum absolute atomic E-state index is 13.2. The Morgan fingerprint density at radius 3 is 2.50 bits per heavy atom. The molecule has 0 bridgehead atoms. The minimum atomic E-state index is -0.872. The van der Waals surface area contributed by atoms with Crippen LogP contribution in [-0.2, 0) is 0 Å². The van der Waals surface area contributed by atoms with Crippen molar-refractivity contribution in [2.75, 3.05) is 0 Å². The topological polar surface area (TPSA) is 38.7 Å². The molecule has 2 aromatic rings. The van der Waals surface area contributed by atoms with Gasteiger partial charge in [-0.05, 0) is 12.1 Å². The number of aromatic nitrogens is 3. The molecule has 2 aromatic heterocycles. The normalized spacial score (nSPS) is 10.1. The summed E-state index contributed by atoms with van der Waals surface area (Å²) in [6.45, 7) is 0. The summed E-state index contributed by atoms with van der Waals surface area (Å²) in [5, 5.41) is 0. The molecule has 5 heteroatoms. The van der Waals surface area contributed by atoms with Gasteiger partial charge in [0.1, 0.15) is 12.1 Å². The molecule has 2 rings (SSSR count). The highest BCUT2D eigenvalue weighted by Gasteiger charge is 2.12. The van der Waals surface area contributed by atoms with Gasteiger partial charge in [-0.2, -0.15) is 4.39 Å². The van der Waals surface area contributed by atoms with Gasteiger partial charge in [-0.1, -0.05) is 0 Å². The lowest BCUT2D eigenvalue weighted by atomic mass is 10.2. The minimum absolute atomic E-state index is 0.183. The molecule has 0 aliphatic rings. The summed E-state index contributed by atoms with van der Waals surface area (Å²) in [5.41, 5.74) is -0.0435. The van der Waals surface area contributed by atoms with E-state index in [-0.39, 0.29) is 11.3 Å². The van der Waals surface area contributed by atoms with Crippen LogP contribution in [0.15, 0.2) is 30.9 Å². The summed E-state index contributed by atoms with van der Waals surface area (Å²) in [4.78, 5) is 10.7. The fourth-order valence-corrected chi connectivity index (χ4v) is 1.08. The van der Waals surface area contributed by atoms with Crippen molar-refractivity contribution in [2.45, 2.75) is 0 Å². The van der Waals surface area contributed by atoms with Crippen LogP contribution in [0, 0.1) is 11.8 Å². The third-order valence-electron chi connectivity index (χ3n) is 1.69. The lowest BCUT2D eigenvalue weighted by Gasteiger charge is -2.01. The minimum Gasteiger partial charge on any atom is -0.245 e. The molecule has 0 aromatic carbocycles. The van der Waals surface area contributed by atoms with Crippen LogP contribution < -0.4 is 0 Å². The van der Waals surface area contributed by atoms with Gasteiger partial charge in [0.15, 0.2) is 0 Å². The second kappa shape index (κ2) is 3.45. The van der Waals surface area contributed by atoms with Gasteiger partial charge in [0.25, 0.3) is 0 Å². The van der Waals surface area contributed by atoms with Crippen LogP contribution in [0.1, 0.15) is 0 Å². The van der Waals surface area contributed by atoms with Crippen LogP contribution in [0.2, 0.25) is 0 Å². The van der Waals surface area contributed by atoms with Crippen LogP contribution in [0.3, 0.4) is 0 Å². The molecule has 0 saturated heterocycles. The van der Waals surface area contributed by atoms with Crippen molar-refractivity contribution in [1.29, 1.82) is 0 Å². The van der Waals surface area contributed by atoms with Crippen molar-refractivity contribution in [1.82, 2.24) is 15.0 Å². The molecule has 2 heterocycles. The Balaban J connectivity index is 2.63. The van der Waals surface area contributed by atoms with Crippen LogP contribution in [0.25, 0.3) is 11.3 Å². The van der Waals surface area contributed by atoms with Gasteiger partial charge in [0.05, 0.1) is 11.3 Å². The Kier molecular flexibility index (Phi) is 2.14. The number of hydrogen-bond donors (Lipinski definition) is 0. The van der Waals surface area contributed by atoms with Crippen molar-refractivity contribution < 1.29 is 8.78 Å². The summed E-state index contributed by atoms with van der Waals surface area (Å²) >= 11 is 0. The highest BCUT2D eigenvalue weighted by Crippen LogP contribution is 2.21. The molecule has 0 amide bonds. The highest BCUT2D eigenvalue weighted by molar-refractivity contribution is 5.58. The van der Waals surface area contributed by atoms with Gasteiger partial charge in [0, 0.05) is 12.4 Å². The lowest BCUT2D eigenvalue weighted by Crippen LogP contribution is -1.95. The van der Waals surface area contributed by atoms with E-state index < -0.39 is 11.8 Å². The first-order valence-corrected chi connectivity index (χ1v) is 3.85. The molecule has 70 valence electrons. The predicted molar refractivity (Wildman–Crippen MR) is 45.2 cm³/mol. The molecule has 0 fully saturated rings. The van der Waals surface area contributed by atoms with E-state index in [1.807, 2.05) is 0 Å². The maximum Gasteiger partial charge on any atom is 0.225 e. The van der Waals surface area contributed by atoms with E-state index in [2.05, 4.69) is 15.0 Å². The number of nitrogens with zero attached hydrogens (tertiary/aromatic N) is 3. The zero-order chi connectivity index (χ0) is 9.97. The van der Waals surface area contributed by atoms with E-state index in [0.29, 0.717) is 0 Å². The molecular formula is C9H5F2N3. The Hall–Kier alpha value is -1.91. The van der Waals surface area contributed by atoms with Crippen molar-refractivity contribution in [2.24, 2.45) is 0 Å². The standard InChI is InChI=1S/C9H5F2N3/c10-6-1-4-13-9(11)8(6)7-2-3-12-5-14-7/h1-5H. The maximum atomic E-state index is 13.2. The zero-order valence-corrected chi connectivity index (χ0v) is 6.98. The molecule has 0 aliphatic heterocycles. The van der Waals surface area contributed by atoms with Gasteiger partial charge >= 0.3 is 0 Å². The van der Waals surface area contributed by atoms with E-state index in [0.717, 1.165) is 12.3 Å². The summed E-state index contributed by atoms with van der Waals surface area (Å²) in [6, 6.07) is 2.50. The number of pyridine rings is 1. The largest absolute Gasteiger partial charge is 0.245 e. The van der Waals surface area contributed by atoms with Crippen LogP contribution in [0.5, 0.6) is 0 Å². The van der Waals surface area contributed by atoms with Crippen LogP contribution >= 0.6 is 0 Å².